The summed E-state index contributed by atoms with van der Waals surface area (Å²) in [5, 5.41) is 4.06. The summed E-state index contributed by atoms with van der Waals surface area (Å²) in [4.78, 5) is 15.3. The molecule has 0 aromatic carbocycles. The highest BCUT2D eigenvalue weighted by atomic mass is 16.1. The number of carbonyl (C=O) groups is 1. The van der Waals surface area contributed by atoms with Crippen molar-refractivity contribution >= 4 is 17.2 Å². The lowest BCUT2D eigenvalue weighted by Crippen LogP contribution is -2.01. The smallest absolute Gasteiger partial charge is 0.168 e. The Hall–Kier alpha value is -1.91. The van der Waals surface area contributed by atoms with Crippen LogP contribution in [0.15, 0.2) is 12.3 Å². The largest absolute Gasteiger partial charge is 0.384 e. The fourth-order valence-corrected chi connectivity index (χ4v) is 1.39. The maximum absolute atomic E-state index is 11.2. The summed E-state index contributed by atoms with van der Waals surface area (Å²) in [5.41, 5.74) is 7.47. The number of Topliss-reactive ketones (excluding diaryl/α,β-unsaturated/α-hetero) is 1. The van der Waals surface area contributed by atoms with Crippen molar-refractivity contribution in [1.82, 2.24) is 14.6 Å². The molecule has 2 N–H and O–H groups in total. The van der Waals surface area contributed by atoms with E-state index in [9.17, 15) is 4.79 Å². The van der Waals surface area contributed by atoms with E-state index in [-0.39, 0.29) is 5.78 Å². The Kier molecular flexibility index (Phi) is 1.73. The molecule has 2 rings (SSSR count). The fraction of sp³-hybridized carbons (Fsp3) is 0.222. The van der Waals surface area contributed by atoms with Crippen LogP contribution in [0.3, 0.4) is 0 Å². The van der Waals surface area contributed by atoms with Gasteiger partial charge in [0.05, 0.1) is 11.8 Å². The van der Waals surface area contributed by atoms with Crippen LogP contribution in [0.2, 0.25) is 0 Å². The molecule has 0 aliphatic heterocycles. The molecule has 2 aromatic heterocycles. The molecule has 2 aromatic rings. The van der Waals surface area contributed by atoms with Crippen molar-refractivity contribution in [3.63, 3.8) is 0 Å². The summed E-state index contributed by atoms with van der Waals surface area (Å²) in [5.74, 6) is 0.343. The highest BCUT2D eigenvalue weighted by Gasteiger charge is 2.11. The van der Waals surface area contributed by atoms with Gasteiger partial charge in [0.2, 0.25) is 0 Å². The molecule has 0 atom stereocenters. The first kappa shape index (κ1) is 8.68. The van der Waals surface area contributed by atoms with Crippen molar-refractivity contribution in [3.8, 4) is 0 Å². The predicted octanol–water partition coefficient (Wildman–Crippen LogP) is 0.823. The van der Waals surface area contributed by atoms with Crippen LogP contribution in [-0.4, -0.2) is 20.4 Å². The van der Waals surface area contributed by atoms with E-state index in [1.807, 2.05) is 6.92 Å². The summed E-state index contributed by atoms with van der Waals surface area (Å²) in [6, 6.07) is 1.71. The first-order chi connectivity index (χ1) is 6.59. The molecule has 0 spiro atoms. The molecular weight excluding hydrogens is 180 g/mol. The fourth-order valence-electron chi connectivity index (χ4n) is 1.39. The molecule has 0 unspecified atom stereocenters. The standard InChI is InChI=1S/C9H10N4O/c1-5-3-8(10)12-9-7(6(2)14)4-11-13(5)9/h3-4H,1-2H3,(H2,10,12). The van der Waals surface area contributed by atoms with Crippen molar-refractivity contribution in [2.75, 3.05) is 5.73 Å². The second kappa shape index (κ2) is 2.80. The molecule has 5 nitrogen and oxygen atoms in total. The summed E-state index contributed by atoms with van der Waals surface area (Å²) in [6.07, 6.45) is 1.51. The van der Waals surface area contributed by atoms with Crippen LogP contribution < -0.4 is 5.73 Å². The Bertz CT molecular complexity index is 515. The van der Waals surface area contributed by atoms with E-state index in [1.54, 1.807) is 10.6 Å². The Labute approximate surface area is 80.6 Å². The molecule has 0 aliphatic carbocycles. The Balaban J connectivity index is 2.85. The van der Waals surface area contributed by atoms with E-state index in [2.05, 4.69) is 10.1 Å². The van der Waals surface area contributed by atoms with Gasteiger partial charge in [-0.3, -0.25) is 4.79 Å². The minimum Gasteiger partial charge on any atom is -0.384 e. The number of ketones is 1. The highest BCUT2D eigenvalue weighted by molar-refractivity contribution is 5.99. The maximum atomic E-state index is 11.2. The Morgan fingerprint density at radius 1 is 1.57 bits per heavy atom. The van der Waals surface area contributed by atoms with E-state index in [1.165, 1.54) is 13.1 Å². The van der Waals surface area contributed by atoms with Crippen molar-refractivity contribution in [3.05, 3.63) is 23.5 Å². The highest BCUT2D eigenvalue weighted by Crippen LogP contribution is 2.13. The second-order valence-corrected chi connectivity index (χ2v) is 3.17. The number of nitrogens with zero attached hydrogens (tertiary/aromatic N) is 3. The zero-order valence-corrected chi connectivity index (χ0v) is 7.98. The Morgan fingerprint density at radius 2 is 2.29 bits per heavy atom. The lowest BCUT2D eigenvalue weighted by atomic mass is 10.2. The zero-order chi connectivity index (χ0) is 10.3. The monoisotopic (exact) mass is 190 g/mol. The van der Waals surface area contributed by atoms with Crippen LogP contribution in [0.5, 0.6) is 0 Å². The number of fused-ring (bicyclic) bond motifs is 1. The van der Waals surface area contributed by atoms with Crippen molar-refractivity contribution in [2.24, 2.45) is 0 Å². The Morgan fingerprint density at radius 3 is 2.93 bits per heavy atom. The van der Waals surface area contributed by atoms with Crippen LogP contribution in [0.1, 0.15) is 23.0 Å². The number of nitrogens with two attached hydrogens (primary N) is 1. The molecule has 0 amide bonds. The van der Waals surface area contributed by atoms with Crippen molar-refractivity contribution in [2.45, 2.75) is 13.8 Å². The molecule has 0 radical (unpaired) electrons. The maximum Gasteiger partial charge on any atom is 0.168 e. The van der Waals surface area contributed by atoms with Crippen LogP contribution in [-0.2, 0) is 0 Å². The topological polar surface area (TPSA) is 73.3 Å². The van der Waals surface area contributed by atoms with Gasteiger partial charge >= 0.3 is 0 Å². The third-order valence-corrected chi connectivity index (χ3v) is 2.05. The summed E-state index contributed by atoms with van der Waals surface area (Å²) < 4.78 is 1.60. The van der Waals surface area contributed by atoms with Gasteiger partial charge in [-0.15, -0.1) is 0 Å². The minimum atomic E-state index is -0.0579. The number of hydrogen-bond donors (Lipinski definition) is 1. The van der Waals surface area contributed by atoms with E-state index in [4.69, 9.17) is 5.73 Å². The number of aromatic nitrogens is 3. The van der Waals surface area contributed by atoms with Crippen LogP contribution in [0, 0.1) is 6.92 Å². The molecule has 0 bridgehead atoms. The summed E-state index contributed by atoms with van der Waals surface area (Å²) in [7, 11) is 0. The van der Waals surface area contributed by atoms with Crippen LogP contribution >= 0.6 is 0 Å². The van der Waals surface area contributed by atoms with Crippen LogP contribution in [0.4, 0.5) is 5.82 Å². The number of rotatable bonds is 1. The van der Waals surface area contributed by atoms with Gasteiger partial charge in [0.1, 0.15) is 5.82 Å². The van der Waals surface area contributed by atoms with Crippen LogP contribution in [0.25, 0.3) is 5.65 Å². The van der Waals surface area contributed by atoms with Gasteiger partial charge in [-0.25, -0.2) is 9.50 Å². The normalized spacial score (nSPS) is 10.7. The predicted molar refractivity (Wildman–Crippen MR) is 52.1 cm³/mol. The molecule has 0 fully saturated rings. The molecule has 0 aliphatic rings. The third kappa shape index (κ3) is 1.14. The summed E-state index contributed by atoms with van der Waals surface area (Å²) >= 11 is 0. The molecule has 0 saturated carbocycles. The minimum absolute atomic E-state index is 0.0579. The van der Waals surface area contributed by atoms with Crippen molar-refractivity contribution in [1.29, 1.82) is 0 Å². The number of aryl methyl sites for hydroxylation is 1. The number of carbonyl (C=O) groups excluding carboxylic acids is 1. The van der Waals surface area contributed by atoms with Gasteiger partial charge in [-0.1, -0.05) is 0 Å². The number of nitrogen functional groups attached to an aromatic ring is 1. The van der Waals surface area contributed by atoms with Gasteiger partial charge in [0, 0.05) is 11.8 Å². The quantitative estimate of drug-likeness (QED) is 0.676. The molecular formula is C9H10N4O. The van der Waals surface area contributed by atoms with Gasteiger partial charge in [-0.05, 0) is 13.8 Å². The average molecular weight is 190 g/mol. The van der Waals surface area contributed by atoms with E-state index in [0.717, 1.165) is 5.69 Å². The summed E-state index contributed by atoms with van der Waals surface area (Å²) in [6.45, 7) is 3.35. The molecule has 14 heavy (non-hydrogen) atoms. The van der Waals surface area contributed by atoms with E-state index in [0.29, 0.717) is 17.0 Å². The van der Waals surface area contributed by atoms with Gasteiger partial charge < -0.3 is 5.73 Å². The lowest BCUT2D eigenvalue weighted by molar-refractivity contribution is 0.101. The van der Waals surface area contributed by atoms with E-state index >= 15 is 0 Å². The zero-order valence-electron chi connectivity index (χ0n) is 7.98. The SMILES string of the molecule is CC(=O)c1cnn2c(C)cc(N)nc12. The van der Waals surface area contributed by atoms with Crippen molar-refractivity contribution < 1.29 is 4.79 Å². The number of anilines is 1. The van der Waals surface area contributed by atoms with Gasteiger partial charge in [-0.2, -0.15) is 5.10 Å². The van der Waals surface area contributed by atoms with Gasteiger partial charge in [0.15, 0.2) is 11.4 Å². The number of hydrogen-bond acceptors (Lipinski definition) is 4. The lowest BCUT2D eigenvalue weighted by Gasteiger charge is -2.00. The first-order valence-electron chi connectivity index (χ1n) is 4.21. The average Bonchev–Trinajstić information content (AvgIpc) is 2.47. The first-order valence-corrected chi connectivity index (χ1v) is 4.21. The molecule has 0 saturated heterocycles. The van der Waals surface area contributed by atoms with E-state index < -0.39 is 0 Å². The molecule has 72 valence electrons. The third-order valence-electron chi connectivity index (χ3n) is 2.05. The van der Waals surface area contributed by atoms with Gasteiger partial charge in [0.25, 0.3) is 0 Å². The second-order valence-electron chi connectivity index (χ2n) is 3.17. The molecule has 5 heteroatoms. The molecule has 2 heterocycles.